The van der Waals surface area contributed by atoms with Crippen molar-refractivity contribution in [2.75, 3.05) is 0 Å². The molecular weight excluding hydrogens is 460 g/mol. The molecule has 1 heterocycles. The summed E-state index contributed by atoms with van der Waals surface area (Å²) in [5.74, 6) is 1.61. The van der Waals surface area contributed by atoms with Crippen LogP contribution in [-0.2, 0) is 19.5 Å². The maximum absolute atomic E-state index is 2.61. The van der Waals surface area contributed by atoms with Crippen molar-refractivity contribution in [1.82, 2.24) is 4.57 Å². The van der Waals surface area contributed by atoms with Crippen molar-refractivity contribution >= 4 is 0 Å². The minimum atomic E-state index is 1.21. The third kappa shape index (κ3) is 20.2. The van der Waals surface area contributed by atoms with Gasteiger partial charge in [0.15, 0.2) is 0 Å². The van der Waals surface area contributed by atoms with E-state index in [0.717, 1.165) is 0 Å². The summed E-state index contributed by atoms with van der Waals surface area (Å²) in [6.07, 6.45) is 44.5. The van der Waals surface area contributed by atoms with Crippen LogP contribution in [0.25, 0.3) is 0 Å². The van der Waals surface area contributed by atoms with E-state index in [0.29, 0.717) is 0 Å². The maximum atomic E-state index is 2.61. The van der Waals surface area contributed by atoms with Crippen molar-refractivity contribution in [2.24, 2.45) is 0 Å². The number of imidazole rings is 1. The van der Waals surface area contributed by atoms with Gasteiger partial charge in [-0.15, -0.1) is 0 Å². The van der Waals surface area contributed by atoms with E-state index in [9.17, 15) is 0 Å². The topological polar surface area (TPSA) is 8.81 Å². The molecule has 0 atom stereocenters. The molecule has 0 saturated carbocycles. The third-order valence-corrected chi connectivity index (χ3v) is 8.60. The Kier molecular flexibility index (Phi) is 25.7. The summed E-state index contributed by atoms with van der Waals surface area (Å²) in [5.41, 5.74) is 0. The van der Waals surface area contributed by atoms with Crippen molar-refractivity contribution in [2.45, 2.75) is 214 Å². The maximum Gasteiger partial charge on any atom is 0.256 e. The normalized spacial score (nSPS) is 11.6. The zero-order chi connectivity index (χ0) is 27.4. The molecule has 0 N–H and O–H groups in total. The first-order valence-corrected chi connectivity index (χ1v) is 17.9. The summed E-state index contributed by atoms with van der Waals surface area (Å²) < 4.78 is 5.20. The predicted molar refractivity (Wildman–Crippen MR) is 170 cm³/mol. The van der Waals surface area contributed by atoms with E-state index in [1.807, 2.05) is 0 Å². The SMILES string of the molecule is CCCCCCCCCCCCCCCCCc1n(CCCCCCCCCCC)cc[n+]1CCCCC. The molecule has 2 heteroatoms. The Morgan fingerprint density at radius 3 is 1.26 bits per heavy atom. The number of aryl methyl sites for hydroxylation is 2. The molecule has 0 spiro atoms. The Morgan fingerprint density at radius 1 is 0.447 bits per heavy atom. The molecule has 0 fully saturated rings. The van der Waals surface area contributed by atoms with E-state index in [1.165, 1.54) is 193 Å². The van der Waals surface area contributed by atoms with Gasteiger partial charge in [0.2, 0.25) is 0 Å². The van der Waals surface area contributed by atoms with E-state index >= 15 is 0 Å². The molecule has 2 nitrogen and oxygen atoms in total. The number of unbranched alkanes of at least 4 members (excludes halogenated alkanes) is 24. The van der Waals surface area contributed by atoms with Crippen molar-refractivity contribution in [1.29, 1.82) is 0 Å². The minimum Gasteiger partial charge on any atom is -0.234 e. The molecule has 224 valence electrons. The van der Waals surface area contributed by atoms with Crippen molar-refractivity contribution in [3.63, 3.8) is 0 Å². The van der Waals surface area contributed by atoms with Crippen LogP contribution < -0.4 is 4.57 Å². The summed E-state index contributed by atoms with van der Waals surface area (Å²) in [7, 11) is 0. The lowest BCUT2D eigenvalue weighted by Gasteiger charge is -2.07. The highest BCUT2D eigenvalue weighted by molar-refractivity contribution is 4.84. The van der Waals surface area contributed by atoms with Gasteiger partial charge in [-0.2, -0.15) is 0 Å². The molecule has 0 aromatic carbocycles. The summed E-state index contributed by atoms with van der Waals surface area (Å²) in [5, 5.41) is 0. The number of hydrogen-bond donors (Lipinski definition) is 0. The zero-order valence-corrected chi connectivity index (χ0v) is 26.8. The Bertz CT molecular complexity index is 590. The molecule has 0 bridgehead atoms. The Labute approximate surface area is 240 Å². The fourth-order valence-electron chi connectivity index (χ4n) is 5.97. The van der Waals surface area contributed by atoms with Crippen LogP contribution in [0.4, 0.5) is 0 Å². The highest BCUT2D eigenvalue weighted by atomic mass is 15.1. The molecule has 38 heavy (non-hydrogen) atoms. The quantitative estimate of drug-likeness (QED) is 0.0689. The first kappa shape index (κ1) is 35.2. The summed E-state index contributed by atoms with van der Waals surface area (Å²) in [6.45, 7) is 9.37. The van der Waals surface area contributed by atoms with E-state index in [2.05, 4.69) is 42.3 Å². The molecule has 0 saturated heterocycles. The lowest BCUT2D eigenvalue weighted by molar-refractivity contribution is -0.704. The van der Waals surface area contributed by atoms with Gasteiger partial charge in [-0.3, -0.25) is 0 Å². The second-order valence-electron chi connectivity index (χ2n) is 12.3. The van der Waals surface area contributed by atoms with Gasteiger partial charge in [-0.05, 0) is 32.1 Å². The van der Waals surface area contributed by atoms with Crippen LogP contribution in [0, 0.1) is 0 Å². The first-order chi connectivity index (χ1) is 18.8. The molecule has 0 aliphatic carbocycles. The summed E-state index contributed by atoms with van der Waals surface area (Å²) >= 11 is 0. The van der Waals surface area contributed by atoms with Crippen LogP contribution in [0.5, 0.6) is 0 Å². The lowest BCUT2D eigenvalue weighted by atomic mass is 10.0. The number of aromatic nitrogens is 2. The molecule has 1 aromatic rings. The van der Waals surface area contributed by atoms with E-state index in [-0.39, 0.29) is 0 Å². The summed E-state index contributed by atoms with van der Waals surface area (Å²) in [6, 6.07) is 0. The minimum absolute atomic E-state index is 1.21. The van der Waals surface area contributed by atoms with Crippen molar-refractivity contribution < 1.29 is 4.57 Å². The van der Waals surface area contributed by atoms with Gasteiger partial charge in [0, 0.05) is 6.42 Å². The second kappa shape index (κ2) is 27.8. The van der Waals surface area contributed by atoms with E-state index < -0.39 is 0 Å². The fourth-order valence-corrected chi connectivity index (χ4v) is 5.97. The zero-order valence-electron chi connectivity index (χ0n) is 26.8. The third-order valence-electron chi connectivity index (χ3n) is 8.60. The smallest absolute Gasteiger partial charge is 0.234 e. The Morgan fingerprint density at radius 2 is 0.816 bits per heavy atom. The van der Waals surface area contributed by atoms with Gasteiger partial charge < -0.3 is 0 Å². The van der Waals surface area contributed by atoms with Crippen molar-refractivity contribution in [3.8, 4) is 0 Å². The van der Waals surface area contributed by atoms with Crippen LogP contribution in [0.2, 0.25) is 0 Å². The molecular formula is C36H71N2+. The van der Waals surface area contributed by atoms with Gasteiger partial charge in [-0.1, -0.05) is 162 Å². The van der Waals surface area contributed by atoms with Gasteiger partial charge >= 0.3 is 0 Å². The molecule has 1 rings (SSSR count). The van der Waals surface area contributed by atoms with E-state index in [4.69, 9.17) is 0 Å². The van der Waals surface area contributed by atoms with Gasteiger partial charge in [0.25, 0.3) is 5.82 Å². The first-order valence-electron chi connectivity index (χ1n) is 17.9. The van der Waals surface area contributed by atoms with Gasteiger partial charge in [0.05, 0.1) is 13.1 Å². The van der Waals surface area contributed by atoms with E-state index in [1.54, 1.807) is 5.82 Å². The molecule has 0 radical (unpaired) electrons. The van der Waals surface area contributed by atoms with Gasteiger partial charge in [0.1, 0.15) is 12.4 Å². The highest BCUT2D eigenvalue weighted by Crippen LogP contribution is 2.15. The average Bonchev–Trinajstić information content (AvgIpc) is 3.31. The summed E-state index contributed by atoms with van der Waals surface area (Å²) in [4.78, 5) is 0. The van der Waals surface area contributed by atoms with Crippen LogP contribution >= 0.6 is 0 Å². The molecule has 0 amide bonds. The Hall–Kier alpha value is -0.790. The molecule has 0 unspecified atom stereocenters. The van der Waals surface area contributed by atoms with Gasteiger partial charge in [-0.25, -0.2) is 9.13 Å². The molecule has 0 aliphatic rings. The number of rotatable bonds is 30. The fraction of sp³-hybridized carbons (Fsp3) is 0.917. The number of hydrogen-bond acceptors (Lipinski definition) is 0. The van der Waals surface area contributed by atoms with Crippen LogP contribution in [-0.4, -0.2) is 4.57 Å². The largest absolute Gasteiger partial charge is 0.256 e. The van der Waals surface area contributed by atoms with Crippen LogP contribution in [0.3, 0.4) is 0 Å². The second-order valence-corrected chi connectivity index (χ2v) is 12.3. The molecule has 0 aliphatic heterocycles. The number of nitrogens with zero attached hydrogens (tertiary/aromatic N) is 2. The highest BCUT2D eigenvalue weighted by Gasteiger charge is 2.16. The van der Waals surface area contributed by atoms with Crippen LogP contribution in [0.1, 0.15) is 200 Å². The standard InChI is InChI=1S/C36H71N2/c1-4-7-10-12-14-16-17-18-19-20-21-22-24-26-28-31-36-37(32-29-9-6-3)34-35-38(36)33-30-27-25-23-15-13-11-8-5-2/h34-35H,4-33H2,1-3H3/q+1. The monoisotopic (exact) mass is 532 g/mol. The van der Waals surface area contributed by atoms with Crippen LogP contribution in [0.15, 0.2) is 12.4 Å². The Balaban J connectivity index is 2.16. The lowest BCUT2D eigenvalue weighted by Crippen LogP contribution is -2.37. The predicted octanol–water partition coefficient (Wildman–Crippen LogP) is 11.9. The molecule has 1 aromatic heterocycles. The average molecular weight is 532 g/mol. The van der Waals surface area contributed by atoms with Crippen molar-refractivity contribution in [3.05, 3.63) is 18.2 Å².